The third-order valence-electron chi connectivity index (χ3n) is 5.41. The number of benzene rings is 2. The average molecular weight is 504 g/mol. The summed E-state index contributed by atoms with van der Waals surface area (Å²) in [7, 11) is 0. The Bertz CT molecular complexity index is 1110. The Morgan fingerprint density at radius 2 is 1.82 bits per heavy atom. The van der Waals surface area contributed by atoms with Crippen molar-refractivity contribution < 1.29 is 23.9 Å². The van der Waals surface area contributed by atoms with Gasteiger partial charge in [-0.15, -0.1) is 0 Å². The lowest BCUT2D eigenvalue weighted by Crippen LogP contribution is -2.59. The summed E-state index contributed by atoms with van der Waals surface area (Å²) in [6.45, 7) is 2.65. The van der Waals surface area contributed by atoms with Gasteiger partial charge in [-0.3, -0.25) is 19.3 Å². The minimum absolute atomic E-state index is 0.236. The summed E-state index contributed by atoms with van der Waals surface area (Å²) in [6, 6.07) is 12.4. The summed E-state index contributed by atoms with van der Waals surface area (Å²) in [5, 5.41) is 5.69. The van der Waals surface area contributed by atoms with Crippen LogP contribution >= 0.6 is 23.4 Å². The van der Waals surface area contributed by atoms with E-state index in [1.54, 1.807) is 62.4 Å². The fraction of sp³-hybridized carbons (Fsp3) is 0.333. The standard InChI is InChI=1S/C24H26ClN3O5S/c1-24(2)23(32)27-17-10-6-7-11-19(17)28(24)20(29)14-33-22(31)18(12-13-34-3)26-21(30)15-8-4-5-9-16(15)25/h4-11,18H,12-14H2,1-3H3,(H,26,30)(H,27,32)/t18-/m0/s1. The Kier molecular flexibility index (Phi) is 8.22. The van der Waals surface area contributed by atoms with Crippen molar-refractivity contribution in [3.05, 3.63) is 59.1 Å². The van der Waals surface area contributed by atoms with Gasteiger partial charge in [-0.1, -0.05) is 35.9 Å². The maximum absolute atomic E-state index is 13.1. The molecule has 3 rings (SSSR count). The van der Waals surface area contributed by atoms with Gasteiger partial charge < -0.3 is 15.4 Å². The van der Waals surface area contributed by atoms with Crippen molar-refractivity contribution in [3.63, 3.8) is 0 Å². The van der Waals surface area contributed by atoms with Crippen LogP contribution in [0, 0.1) is 0 Å². The van der Waals surface area contributed by atoms with Crippen molar-refractivity contribution in [1.29, 1.82) is 0 Å². The average Bonchev–Trinajstić information content (AvgIpc) is 2.80. The molecular formula is C24H26ClN3O5S. The SMILES string of the molecule is CSCC[C@H](NC(=O)c1ccccc1Cl)C(=O)OCC(=O)N1c2ccccc2NC(=O)C1(C)C. The van der Waals surface area contributed by atoms with Gasteiger partial charge in [0.05, 0.1) is 22.0 Å². The first kappa shape index (κ1) is 25.6. The van der Waals surface area contributed by atoms with E-state index in [0.717, 1.165) is 0 Å². The lowest BCUT2D eigenvalue weighted by atomic mass is 9.96. The van der Waals surface area contributed by atoms with Gasteiger partial charge in [0.2, 0.25) is 5.91 Å². The van der Waals surface area contributed by atoms with Crippen molar-refractivity contribution in [1.82, 2.24) is 5.32 Å². The Hall–Kier alpha value is -3.04. The molecular weight excluding hydrogens is 478 g/mol. The zero-order valence-electron chi connectivity index (χ0n) is 19.1. The third-order valence-corrected chi connectivity index (χ3v) is 6.39. The number of carbonyl (C=O) groups excluding carboxylic acids is 4. The van der Waals surface area contributed by atoms with Crippen LogP contribution in [0.15, 0.2) is 48.5 Å². The van der Waals surface area contributed by atoms with Crippen LogP contribution in [0.5, 0.6) is 0 Å². The summed E-state index contributed by atoms with van der Waals surface area (Å²) in [5.41, 5.74) is 0.0595. The first-order valence-corrected chi connectivity index (χ1v) is 12.4. The molecule has 0 spiro atoms. The summed E-state index contributed by atoms with van der Waals surface area (Å²) in [6.07, 6.45) is 2.19. The normalized spacial score (nSPS) is 15.1. The smallest absolute Gasteiger partial charge is 0.329 e. The number of anilines is 2. The quantitative estimate of drug-likeness (QED) is 0.534. The topological polar surface area (TPSA) is 105 Å². The van der Waals surface area contributed by atoms with E-state index in [1.165, 1.54) is 16.7 Å². The largest absolute Gasteiger partial charge is 0.454 e. The molecule has 0 aliphatic carbocycles. The van der Waals surface area contributed by atoms with Crippen molar-refractivity contribution in [2.75, 3.05) is 28.8 Å². The molecule has 1 atom stereocenters. The van der Waals surface area contributed by atoms with E-state index in [2.05, 4.69) is 10.6 Å². The van der Waals surface area contributed by atoms with E-state index in [9.17, 15) is 19.2 Å². The van der Waals surface area contributed by atoms with Crippen LogP contribution in [0.1, 0.15) is 30.6 Å². The van der Waals surface area contributed by atoms with Crippen LogP contribution in [-0.4, -0.2) is 53.9 Å². The van der Waals surface area contributed by atoms with E-state index in [-0.39, 0.29) is 16.5 Å². The number of nitrogens with one attached hydrogen (secondary N) is 2. The molecule has 1 heterocycles. The molecule has 3 amide bonds. The molecule has 2 N–H and O–H groups in total. The van der Waals surface area contributed by atoms with Crippen LogP contribution in [0.25, 0.3) is 0 Å². The van der Waals surface area contributed by atoms with Crippen LogP contribution in [0.4, 0.5) is 11.4 Å². The minimum Gasteiger partial charge on any atom is -0.454 e. The monoisotopic (exact) mass is 503 g/mol. The van der Waals surface area contributed by atoms with Gasteiger partial charge in [0.25, 0.3) is 11.8 Å². The molecule has 180 valence electrons. The Balaban J connectivity index is 1.72. The molecule has 8 nitrogen and oxygen atoms in total. The predicted molar refractivity (Wildman–Crippen MR) is 133 cm³/mol. The van der Waals surface area contributed by atoms with Crippen molar-refractivity contribution in [2.45, 2.75) is 31.8 Å². The fourth-order valence-corrected chi connectivity index (χ4v) is 4.26. The van der Waals surface area contributed by atoms with Gasteiger partial charge in [0, 0.05) is 0 Å². The number of esters is 1. The number of hydrogen-bond acceptors (Lipinski definition) is 6. The molecule has 0 radical (unpaired) electrons. The predicted octanol–water partition coefficient (Wildman–Crippen LogP) is 3.50. The first-order valence-electron chi connectivity index (χ1n) is 10.6. The number of fused-ring (bicyclic) bond motifs is 1. The number of amides is 3. The summed E-state index contributed by atoms with van der Waals surface area (Å²) < 4.78 is 5.31. The second-order valence-electron chi connectivity index (χ2n) is 8.15. The van der Waals surface area contributed by atoms with Crippen LogP contribution < -0.4 is 15.5 Å². The maximum atomic E-state index is 13.1. The molecule has 10 heteroatoms. The van der Waals surface area contributed by atoms with E-state index in [4.69, 9.17) is 16.3 Å². The second-order valence-corrected chi connectivity index (χ2v) is 9.55. The number of ether oxygens (including phenoxy) is 1. The van der Waals surface area contributed by atoms with E-state index >= 15 is 0 Å². The molecule has 0 fully saturated rings. The highest BCUT2D eigenvalue weighted by Crippen LogP contribution is 2.36. The zero-order chi connectivity index (χ0) is 24.9. The number of carbonyl (C=O) groups is 4. The van der Waals surface area contributed by atoms with E-state index in [1.807, 2.05) is 6.26 Å². The molecule has 34 heavy (non-hydrogen) atoms. The summed E-state index contributed by atoms with van der Waals surface area (Å²) >= 11 is 7.60. The highest BCUT2D eigenvalue weighted by atomic mass is 35.5. The molecule has 2 aromatic rings. The van der Waals surface area contributed by atoms with Gasteiger partial charge in [-0.25, -0.2) is 4.79 Å². The Morgan fingerprint density at radius 1 is 1.15 bits per heavy atom. The molecule has 0 bridgehead atoms. The first-order chi connectivity index (χ1) is 16.2. The summed E-state index contributed by atoms with van der Waals surface area (Å²) in [5.74, 6) is -1.57. The Labute approximate surface area is 207 Å². The maximum Gasteiger partial charge on any atom is 0.329 e. The van der Waals surface area contributed by atoms with Gasteiger partial charge in [-0.05, 0) is 56.5 Å². The van der Waals surface area contributed by atoms with Crippen molar-refractivity contribution in [3.8, 4) is 0 Å². The third kappa shape index (κ3) is 5.53. The number of thioether (sulfide) groups is 1. The lowest BCUT2D eigenvalue weighted by Gasteiger charge is -2.41. The van der Waals surface area contributed by atoms with Gasteiger partial charge in [0.15, 0.2) is 6.61 Å². The van der Waals surface area contributed by atoms with Crippen molar-refractivity contribution >= 4 is 58.4 Å². The zero-order valence-corrected chi connectivity index (χ0v) is 20.7. The van der Waals surface area contributed by atoms with Gasteiger partial charge in [0.1, 0.15) is 11.6 Å². The van der Waals surface area contributed by atoms with Gasteiger partial charge in [-0.2, -0.15) is 11.8 Å². The second kappa shape index (κ2) is 10.9. The van der Waals surface area contributed by atoms with Crippen LogP contribution in [-0.2, 0) is 19.1 Å². The number of halogens is 1. The minimum atomic E-state index is -1.19. The molecule has 0 unspecified atom stereocenters. The number of nitrogens with zero attached hydrogens (tertiary/aromatic N) is 1. The molecule has 0 saturated carbocycles. The number of rotatable bonds is 8. The van der Waals surface area contributed by atoms with E-state index in [0.29, 0.717) is 23.5 Å². The molecule has 1 aliphatic rings. The summed E-state index contributed by atoms with van der Waals surface area (Å²) in [4.78, 5) is 52.5. The van der Waals surface area contributed by atoms with Crippen LogP contribution in [0.2, 0.25) is 5.02 Å². The highest BCUT2D eigenvalue weighted by molar-refractivity contribution is 7.98. The molecule has 0 saturated heterocycles. The molecule has 2 aromatic carbocycles. The van der Waals surface area contributed by atoms with Gasteiger partial charge >= 0.3 is 5.97 Å². The lowest BCUT2D eigenvalue weighted by molar-refractivity contribution is -0.150. The highest BCUT2D eigenvalue weighted by Gasteiger charge is 2.43. The number of para-hydroxylation sites is 2. The van der Waals surface area contributed by atoms with E-state index < -0.39 is 36.0 Å². The molecule has 0 aromatic heterocycles. The Morgan fingerprint density at radius 3 is 2.53 bits per heavy atom. The fourth-order valence-electron chi connectivity index (χ4n) is 3.56. The van der Waals surface area contributed by atoms with Crippen molar-refractivity contribution in [2.24, 2.45) is 0 Å². The molecule has 1 aliphatic heterocycles. The van der Waals surface area contributed by atoms with Crippen LogP contribution in [0.3, 0.4) is 0 Å². The number of hydrogen-bond donors (Lipinski definition) is 2.